The van der Waals surface area contributed by atoms with E-state index in [4.69, 9.17) is 22.1 Å². The van der Waals surface area contributed by atoms with Gasteiger partial charge < -0.3 is 20.7 Å². The number of rotatable bonds is 8. The normalized spacial score (nSPS) is 12.5. The number of hydrogen-bond donors (Lipinski definition) is 2. The number of benzene rings is 1. The summed E-state index contributed by atoms with van der Waals surface area (Å²) in [6, 6.07) is 1.50. The number of fused-ring (bicyclic) bond motifs is 1. The monoisotopic (exact) mass is 476 g/mol. The zero-order valence-electron chi connectivity index (χ0n) is 19.7. The van der Waals surface area contributed by atoms with Crippen LogP contribution in [0.5, 0.6) is 5.75 Å². The number of nitrogens with zero attached hydrogens (tertiary/aromatic N) is 4. The minimum Gasteiger partial charge on any atom is -0.490 e. The summed E-state index contributed by atoms with van der Waals surface area (Å²) in [5.74, 6) is -0.641. The first-order valence-electron chi connectivity index (χ1n) is 10.7. The molecule has 0 radical (unpaired) electrons. The Balaban J connectivity index is 2.16. The number of likely N-dealkylation sites (N-methyl/N-ethyl adjacent to an activating group) is 1. The molecule has 0 spiro atoms. The van der Waals surface area contributed by atoms with Crippen molar-refractivity contribution in [1.82, 2.24) is 24.6 Å². The number of halogens is 2. The number of carbonyl (C=O) groups is 1. The zero-order chi connectivity index (χ0) is 24.4. The molecule has 3 aromatic rings. The molecular weight excluding hydrogens is 447 g/mol. The number of amides is 1. The largest absolute Gasteiger partial charge is 0.490 e. The lowest BCUT2D eigenvalue weighted by molar-refractivity contribution is 0.0940. The predicted octanol–water partition coefficient (Wildman–Crippen LogP) is 3.64. The van der Waals surface area contributed by atoms with Crippen LogP contribution < -0.4 is 15.8 Å². The van der Waals surface area contributed by atoms with E-state index in [0.29, 0.717) is 41.5 Å². The number of nitrogens with two attached hydrogens (primary N) is 1. The molecule has 1 amide bonds. The van der Waals surface area contributed by atoms with Gasteiger partial charge in [0, 0.05) is 37.0 Å². The van der Waals surface area contributed by atoms with Crippen molar-refractivity contribution in [2.45, 2.75) is 39.7 Å². The summed E-state index contributed by atoms with van der Waals surface area (Å²) >= 11 is 6.26. The summed E-state index contributed by atoms with van der Waals surface area (Å²) in [6.07, 6.45) is 3.05. The number of nitrogens with one attached hydrogen (secondary N) is 1. The fourth-order valence-electron chi connectivity index (χ4n) is 3.71. The molecule has 0 fully saturated rings. The lowest BCUT2D eigenvalue weighted by Crippen LogP contribution is -2.32. The Morgan fingerprint density at radius 3 is 2.70 bits per heavy atom. The van der Waals surface area contributed by atoms with Gasteiger partial charge in [-0.3, -0.25) is 9.20 Å². The third-order valence-corrected chi connectivity index (χ3v) is 5.54. The van der Waals surface area contributed by atoms with Crippen LogP contribution in [0.1, 0.15) is 54.1 Å². The minimum absolute atomic E-state index is 0.151. The Labute approximate surface area is 197 Å². The Hall–Kier alpha value is -2.91. The highest BCUT2D eigenvalue weighted by molar-refractivity contribution is 6.31. The number of aryl methyl sites for hydroxylation is 1. The summed E-state index contributed by atoms with van der Waals surface area (Å²) in [5, 5.41) is 2.59. The van der Waals surface area contributed by atoms with Gasteiger partial charge in [0.25, 0.3) is 5.91 Å². The topological polar surface area (TPSA) is 97.8 Å². The van der Waals surface area contributed by atoms with Crippen molar-refractivity contribution < 1.29 is 13.9 Å². The van der Waals surface area contributed by atoms with E-state index >= 15 is 4.39 Å². The molecule has 0 aliphatic heterocycles. The molecule has 8 nitrogen and oxygen atoms in total. The van der Waals surface area contributed by atoms with Gasteiger partial charge in [-0.1, -0.05) is 18.5 Å². The van der Waals surface area contributed by atoms with Crippen LogP contribution in [0, 0.1) is 12.7 Å². The average molecular weight is 477 g/mol. The molecule has 0 saturated carbocycles. The van der Waals surface area contributed by atoms with E-state index in [9.17, 15) is 4.79 Å². The van der Waals surface area contributed by atoms with Gasteiger partial charge in [-0.05, 0) is 40.9 Å². The Bertz CT molecular complexity index is 1180. The zero-order valence-corrected chi connectivity index (χ0v) is 20.5. The first-order chi connectivity index (χ1) is 15.5. The van der Waals surface area contributed by atoms with Gasteiger partial charge in [-0.25, -0.2) is 14.4 Å². The second-order valence-corrected chi connectivity index (χ2v) is 8.91. The Kier molecular flexibility index (Phi) is 7.44. The number of nitrogen functional groups attached to an aromatic ring is 1. The fourth-order valence-corrected chi connectivity index (χ4v) is 3.92. The molecular formula is C23H30ClFN6O2. The van der Waals surface area contributed by atoms with Crippen LogP contribution in [0.2, 0.25) is 5.02 Å². The summed E-state index contributed by atoms with van der Waals surface area (Å²) in [6.45, 7) is 8.32. The molecule has 3 rings (SSSR count). The summed E-state index contributed by atoms with van der Waals surface area (Å²) < 4.78 is 23.0. The number of ether oxygens (including phenoxy) is 1. The molecule has 10 heteroatoms. The van der Waals surface area contributed by atoms with Crippen LogP contribution >= 0.6 is 11.6 Å². The standard InChI is InChI=1S/C23H30ClFN6O2/c1-12(2)33-20-15(11-16(24)18(25)17(20)23(32)28-7-9-30(5)6)13(3)22-29-14(4)19-21(26)27-8-10-31(19)22/h8,10-13H,7,9H2,1-6H3,(H2,26,27)(H,28,32). The van der Waals surface area contributed by atoms with Crippen LogP contribution in [-0.2, 0) is 0 Å². The maximum atomic E-state index is 15.2. The van der Waals surface area contributed by atoms with E-state index < -0.39 is 17.6 Å². The van der Waals surface area contributed by atoms with Gasteiger partial charge in [-0.2, -0.15) is 0 Å². The number of carbonyl (C=O) groups excluding carboxylic acids is 1. The second-order valence-electron chi connectivity index (χ2n) is 8.50. The second kappa shape index (κ2) is 9.93. The number of imidazole rings is 1. The number of aromatic nitrogens is 3. The molecule has 1 unspecified atom stereocenters. The van der Waals surface area contributed by atoms with Crippen molar-refractivity contribution in [3.63, 3.8) is 0 Å². The lowest BCUT2D eigenvalue weighted by atomic mass is 9.95. The van der Waals surface area contributed by atoms with Crippen LogP contribution in [0.3, 0.4) is 0 Å². The van der Waals surface area contributed by atoms with Gasteiger partial charge in [0.15, 0.2) is 5.82 Å². The first kappa shape index (κ1) is 24.7. The SMILES string of the molecule is Cc1nc(C(C)c2cc(Cl)c(F)c(C(=O)NCCN(C)C)c2OC(C)C)n2ccnc(N)c12. The molecule has 178 valence electrons. The highest BCUT2D eigenvalue weighted by Crippen LogP contribution is 2.39. The van der Waals surface area contributed by atoms with Crippen molar-refractivity contribution in [3.8, 4) is 5.75 Å². The molecule has 1 atom stereocenters. The highest BCUT2D eigenvalue weighted by atomic mass is 35.5. The average Bonchev–Trinajstić information content (AvgIpc) is 3.07. The molecule has 0 saturated heterocycles. The third-order valence-electron chi connectivity index (χ3n) is 5.26. The van der Waals surface area contributed by atoms with E-state index in [1.165, 1.54) is 6.07 Å². The van der Waals surface area contributed by atoms with Crippen molar-refractivity contribution in [3.05, 3.63) is 51.9 Å². The predicted molar refractivity (Wildman–Crippen MR) is 128 cm³/mol. The number of hydrogen-bond acceptors (Lipinski definition) is 6. The summed E-state index contributed by atoms with van der Waals surface area (Å²) in [7, 11) is 3.77. The van der Waals surface area contributed by atoms with Gasteiger partial charge in [-0.15, -0.1) is 0 Å². The molecule has 0 bridgehead atoms. The first-order valence-corrected chi connectivity index (χ1v) is 11.1. The Morgan fingerprint density at radius 2 is 2.06 bits per heavy atom. The van der Waals surface area contributed by atoms with Crippen LogP contribution in [0.15, 0.2) is 18.5 Å². The molecule has 3 N–H and O–H groups in total. The number of anilines is 1. The minimum atomic E-state index is -0.816. The lowest BCUT2D eigenvalue weighted by Gasteiger charge is -2.22. The van der Waals surface area contributed by atoms with Crippen molar-refractivity contribution in [1.29, 1.82) is 0 Å². The van der Waals surface area contributed by atoms with E-state index in [1.54, 1.807) is 12.4 Å². The smallest absolute Gasteiger partial charge is 0.258 e. The van der Waals surface area contributed by atoms with E-state index in [2.05, 4.69) is 15.3 Å². The summed E-state index contributed by atoms with van der Waals surface area (Å²) in [4.78, 5) is 23.8. The van der Waals surface area contributed by atoms with Crippen molar-refractivity contribution in [2.24, 2.45) is 0 Å². The van der Waals surface area contributed by atoms with Gasteiger partial charge in [0.1, 0.15) is 28.5 Å². The van der Waals surface area contributed by atoms with Crippen LogP contribution in [0.25, 0.3) is 5.52 Å². The molecule has 33 heavy (non-hydrogen) atoms. The fraction of sp³-hybridized carbons (Fsp3) is 0.435. The van der Waals surface area contributed by atoms with E-state index in [1.807, 2.05) is 51.1 Å². The van der Waals surface area contributed by atoms with E-state index in [0.717, 1.165) is 0 Å². The molecule has 2 aromatic heterocycles. The van der Waals surface area contributed by atoms with Gasteiger partial charge in [0.2, 0.25) is 0 Å². The van der Waals surface area contributed by atoms with Gasteiger partial charge in [0.05, 0.1) is 16.8 Å². The molecule has 1 aromatic carbocycles. The quantitative estimate of drug-likeness (QED) is 0.515. The molecule has 0 aliphatic rings. The van der Waals surface area contributed by atoms with Crippen molar-refractivity contribution in [2.75, 3.05) is 32.9 Å². The van der Waals surface area contributed by atoms with Gasteiger partial charge >= 0.3 is 0 Å². The van der Waals surface area contributed by atoms with Crippen molar-refractivity contribution >= 4 is 28.8 Å². The van der Waals surface area contributed by atoms with Crippen LogP contribution in [-0.4, -0.2) is 58.5 Å². The van der Waals surface area contributed by atoms with E-state index in [-0.39, 0.29) is 22.4 Å². The van der Waals surface area contributed by atoms with Crippen LogP contribution in [0.4, 0.5) is 10.2 Å². The summed E-state index contributed by atoms with van der Waals surface area (Å²) in [5.41, 5.74) is 7.80. The maximum absolute atomic E-state index is 15.2. The Morgan fingerprint density at radius 1 is 1.36 bits per heavy atom. The molecule has 0 aliphatic carbocycles. The maximum Gasteiger partial charge on any atom is 0.258 e. The highest BCUT2D eigenvalue weighted by Gasteiger charge is 2.29. The third kappa shape index (κ3) is 5.04. The molecule has 2 heterocycles.